The molecule has 0 saturated carbocycles. The van der Waals surface area contributed by atoms with Gasteiger partial charge in [-0.25, -0.2) is 0 Å². The number of rotatable bonds is 4. The fraction of sp³-hybridized carbons (Fsp3) is 0.294. The van der Waals surface area contributed by atoms with Crippen LogP contribution in [0, 0.1) is 6.07 Å². The number of hydrogen-bond acceptors (Lipinski definition) is 0. The van der Waals surface area contributed by atoms with Crippen LogP contribution < -0.4 is 0 Å². The van der Waals surface area contributed by atoms with Crippen molar-refractivity contribution >= 4 is 0 Å². The van der Waals surface area contributed by atoms with Crippen molar-refractivity contribution in [1.29, 1.82) is 0 Å². The first-order valence-electron chi connectivity index (χ1n) is 6.43. The Morgan fingerprint density at radius 1 is 1.00 bits per heavy atom. The zero-order chi connectivity index (χ0) is 12.1. The van der Waals surface area contributed by atoms with Crippen molar-refractivity contribution in [2.75, 3.05) is 0 Å². The monoisotopic (exact) mass is 223 g/mol. The molecule has 0 fully saturated rings. The first kappa shape index (κ1) is 11.9. The van der Waals surface area contributed by atoms with Gasteiger partial charge in [0, 0.05) is 0 Å². The summed E-state index contributed by atoms with van der Waals surface area (Å²) in [5, 5.41) is 0. The van der Waals surface area contributed by atoms with Gasteiger partial charge in [-0.05, 0) is 47.2 Å². The Hall–Kier alpha value is -1.56. The van der Waals surface area contributed by atoms with Crippen molar-refractivity contribution < 1.29 is 0 Å². The molecule has 0 spiro atoms. The molecule has 0 amide bonds. The zero-order valence-electron chi connectivity index (χ0n) is 10.7. The smallest absolute Gasteiger partial charge is 0.0143 e. The van der Waals surface area contributed by atoms with E-state index in [2.05, 4.69) is 62.4 Å². The van der Waals surface area contributed by atoms with Crippen LogP contribution >= 0.6 is 0 Å². The van der Waals surface area contributed by atoms with Crippen LogP contribution in [0.4, 0.5) is 0 Å². The summed E-state index contributed by atoms with van der Waals surface area (Å²) >= 11 is 0. The Morgan fingerprint density at radius 2 is 1.88 bits per heavy atom. The molecule has 0 bridgehead atoms. The van der Waals surface area contributed by atoms with Crippen LogP contribution in [0.1, 0.15) is 31.4 Å². The second-order valence-electron chi connectivity index (χ2n) is 4.41. The highest BCUT2D eigenvalue weighted by Crippen LogP contribution is 2.21. The van der Waals surface area contributed by atoms with Gasteiger partial charge >= 0.3 is 0 Å². The maximum absolute atomic E-state index is 3.37. The molecule has 0 aromatic heterocycles. The summed E-state index contributed by atoms with van der Waals surface area (Å²) in [7, 11) is 0. The molecule has 0 heteroatoms. The quantitative estimate of drug-likeness (QED) is 0.706. The summed E-state index contributed by atoms with van der Waals surface area (Å²) in [5.41, 5.74) is 5.26. The van der Waals surface area contributed by atoms with Crippen molar-refractivity contribution in [3.05, 3.63) is 59.7 Å². The van der Waals surface area contributed by atoms with Crippen LogP contribution in [0.3, 0.4) is 0 Å². The minimum Gasteiger partial charge on any atom is -0.0651 e. The number of benzene rings is 2. The summed E-state index contributed by atoms with van der Waals surface area (Å²) in [6.07, 6.45) is 3.39. The third kappa shape index (κ3) is 2.97. The van der Waals surface area contributed by atoms with Gasteiger partial charge < -0.3 is 0 Å². The van der Waals surface area contributed by atoms with Crippen LogP contribution in [0.5, 0.6) is 0 Å². The summed E-state index contributed by atoms with van der Waals surface area (Å²) in [6.45, 7) is 4.39. The molecule has 0 aliphatic rings. The van der Waals surface area contributed by atoms with E-state index < -0.39 is 0 Å². The Morgan fingerprint density at radius 3 is 2.53 bits per heavy atom. The number of aryl methyl sites for hydroxylation is 2. The minimum atomic E-state index is 1.09. The van der Waals surface area contributed by atoms with Crippen molar-refractivity contribution in [2.45, 2.75) is 33.1 Å². The fourth-order valence-electron chi connectivity index (χ4n) is 2.03. The van der Waals surface area contributed by atoms with Crippen molar-refractivity contribution in [3.8, 4) is 11.1 Å². The minimum absolute atomic E-state index is 1.09. The van der Waals surface area contributed by atoms with Crippen LogP contribution in [-0.2, 0) is 12.8 Å². The first-order chi connectivity index (χ1) is 8.33. The summed E-state index contributed by atoms with van der Waals surface area (Å²) in [4.78, 5) is 0. The van der Waals surface area contributed by atoms with E-state index in [0.717, 1.165) is 12.8 Å². The molecular weight excluding hydrogens is 204 g/mol. The maximum Gasteiger partial charge on any atom is -0.0143 e. The first-order valence-corrected chi connectivity index (χ1v) is 6.43. The molecule has 0 unspecified atom stereocenters. The second-order valence-corrected chi connectivity index (χ2v) is 4.41. The highest BCUT2D eigenvalue weighted by Gasteiger charge is 1.99. The van der Waals surface area contributed by atoms with Gasteiger partial charge in [0.05, 0.1) is 0 Å². The van der Waals surface area contributed by atoms with E-state index in [-0.39, 0.29) is 0 Å². The van der Waals surface area contributed by atoms with Gasteiger partial charge in [0.2, 0.25) is 0 Å². The molecule has 1 radical (unpaired) electrons. The lowest BCUT2D eigenvalue weighted by Crippen LogP contribution is -1.85. The molecular formula is C17H19. The SMILES string of the molecule is CCCc1[c]cc(-c2cccc(CC)c2)cc1. The normalized spacial score (nSPS) is 10.5. The summed E-state index contributed by atoms with van der Waals surface area (Å²) in [5.74, 6) is 0. The Kier molecular flexibility index (Phi) is 3.98. The van der Waals surface area contributed by atoms with E-state index in [9.17, 15) is 0 Å². The summed E-state index contributed by atoms with van der Waals surface area (Å²) < 4.78 is 0. The van der Waals surface area contributed by atoms with Crippen molar-refractivity contribution in [3.63, 3.8) is 0 Å². The molecule has 0 N–H and O–H groups in total. The van der Waals surface area contributed by atoms with Crippen LogP contribution in [0.15, 0.2) is 42.5 Å². The Labute approximate surface area is 104 Å². The molecule has 0 nitrogen and oxygen atoms in total. The van der Waals surface area contributed by atoms with Crippen LogP contribution in [0.25, 0.3) is 11.1 Å². The predicted molar refractivity (Wildman–Crippen MR) is 74.1 cm³/mol. The summed E-state index contributed by atoms with van der Waals surface area (Å²) in [6, 6.07) is 18.6. The Balaban J connectivity index is 2.26. The highest BCUT2D eigenvalue weighted by molar-refractivity contribution is 5.64. The van der Waals surface area contributed by atoms with Gasteiger partial charge in [-0.1, -0.05) is 56.7 Å². The molecule has 0 atom stereocenters. The van der Waals surface area contributed by atoms with Gasteiger partial charge in [0.1, 0.15) is 0 Å². The molecule has 17 heavy (non-hydrogen) atoms. The van der Waals surface area contributed by atoms with Gasteiger partial charge in [-0.15, -0.1) is 0 Å². The lowest BCUT2D eigenvalue weighted by atomic mass is 10.00. The fourth-order valence-corrected chi connectivity index (χ4v) is 2.03. The van der Waals surface area contributed by atoms with Crippen LogP contribution in [0.2, 0.25) is 0 Å². The van der Waals surface area contributed by atoms with E-state index in [1.807, 2.05) is 0 Å². The van der Waals surface area contributed by atoms with Gasteiger partial charge in [-0.2, -0.15) is 0 Å². The molecule has 0 saturated heterocycles. The number of hydrogen-bond donors (Lipinski definition) is 0. The molecule has 0 aliphatic heterocycles. The van der Waals surface area contributed by atoms with E-state index in [1.165, 1.54) is 28.7 Å². The van der Waals surface area contributed by atoms with Crippen LogP contribution in [-0.4, -0.2) is 0 Å². The standard InChI is InChI=1S/C17H19/c1-3-6-15-9-11-16(12-10-15)17-8-5-7-14(4-2)13-17/h5,7-9,11-13H,3-4,6H2,1-2H3. The van der Waals surface area contributed by atoms with Crippen molar-refractivity contribution in [2.24, 2.45) is 0 Å². The highest BCUT2D eigenvalue weighted by atomic mass is 14.0. The Bertz CT molecular complexity index is 466. The molecule has 2 rings (SSSR count). The molecule has 2 aromatic rings. The average Bonchev–Trinajstić information content (AvgIpc) is 2.40. The molecule has 0 aliphatic carbocycles. The molecule has 2 aromatic carbocycles. The largest absolute Gasteiger partial charge is 0.0651 e. The topological polar surface area (TPSA) is 0 Å². The van der Waals surface area contributed by atoms with E-state index >= 15 is 0 Å². The van der Waals surface area contributed by atoms with Gasteiger partial charge in [-0.3, -0.25) is 0 Å². The predicted octanol–water partition coefficient (Wildman–Crippen LogP) is 4.67. The second kappa shape index (κ2) is 5.67. The molecule has 87 valence electrons. The van der Waals surface area contributed by atoms with Crippen molar-refractivity contribution in [1.82, 2.24) is 0 Å². The lowest BCUT2D eigenvalue weighted by molar-refractivity contribution is 0.920. The van der Waals surface area contributed by atoms with E-state index in [4.69, 9.17) is 0 Å². The van der Waals surface area contributed by atoms with Gasteiger partial charge in [0.25, 0.3) is 0 Å². The third-order valence-electron chi connectivity index (χ3n) is 3.07. The average molecular weight is 223 g/mol. The lowest BCUT2D eigenvalue weighted by Gasteiger charge is -2.05. The third-order valence-corrected chi connectivity index (χ3v) is 3.07. The zero-order valence-corrected chi connectivity index (χ0v) is 10.7. The van der Waals surface area contributed by atoms with E-state index in [0.29, 0.717) is 0 Å². The van der Waals surface area contributed by atoms with Gasteiger partial charge in [0.15, 0.2) is 0 Å². The van der Waals surface area contributed by atoms with E-state index in [1.54, 1.807) is 0 Å². The molecule has 0 heterocycles. The maximum atomic E-state index is 3.37.